The first-order valence-corrected chi connectivity index (χ1v) is 11.8. The van der Waals surface area contributed by atoms with Gasteiger partial charge in [-0.15, -0.1) is 10.2 Å². The number of nitrogens with zero attached hydrogens (tertiary/aromatic N) is 3. The van der Waals surface area contributed by atoms with Gasteiger partial charge in [0.15, 0.2) is 5.82 Å². The molecule has 0 spiro atoms. The molecular weight excluding hydrogens is 390 g/mol. The normalized spacial score (nSPS) is 13.0. The van der Waals surface area contributed by atoms with E-state index in [1.54, 1.807) is 0 Å². The summed E-state index contributed by atoms with van der Waals surface area (Å²) in [5.41, 5.74) is 7.59. The van der Waals surface area contributed by atoms with Crippen molar-refractivity contribution in [2.45, 2.75) is 93.4 Å². The van der Waals surface area contributed by atoms with Crippen LogP contribution in [0.2, 0.25) is 0 Å². The molecule has 3 rings (SSSR count). The van der Waals surface area contributed by atoms with Gasteiger partial charge in [-0.3, -0.25) is 4.57 Å². The summed E-state index contributed by atoms with van der Waals surface area (Å²) in [6, 6.07) is 13.4. The zero-order chi connectivity index (χ0) is 24.1. The second-order valence-electron chi connectivity index (χ2n) is 12.4. The van der Waals surface area contributed by atoms with Gasteiger partial charge in [0.2, 0.25) is 0 Å². The van der Waals surface area contributed by atoms with Crippen LogP contribution >= 0.6 is 0 Å². The molecule has 0 N–H and O–H groups in total. The zero-order valence-corrected chi connectivity index (χ0v) is 22.0. The highest BCUT2D eigenvalue weighted by Gasteiger charge is 2.34. The molecule has 2 aromatic carbocycles. The molecule has 0 saturated carbocycles. The highest BCUT2D eigenvalue weighted by atomic mass is 15.3. The summed E-state index contributed by atoms with van der Waals surface area (Å²) >= 11 is 0. The lowest BCUT2D eigenvalue weighted by Crippen LogP contribution is -2.28. The second kappa shape index (κ2) is 8.17. The van der Waals surface area contributed by atoms with E-state index in [4.69, 9.17) is 10.2 Å². The largest absolute Gasteiger partial charge is 0.278 e. The van der Waals surface area contributed by atoms with Crippen molar-refractivity contribution in [2.75, 3.05) is 0 Å². The maximum absolute atomic E-state index is 4.80. The summed E-state index contributed by atoms with van der Waals surface area (Å²) in [6.45, 7) is 24.8. The predicted molar refractivity (Wildman–Crippen MR) is 137 cm³/mol. The minimum atomic E-state index is -0.127. The number of hydrogen-bond acceptors (Lipinski definition) is 2. The summed E-state index contributed by atoms with van der Waals surface area (Å²) in [4.78, 5) is 0. The topological polar surface area (TPSA) is 30.7 Å². The number of aromatic nitrogens is 3. The van der Waals surface area contributed by atoms with Crippen molar-refractivity contribution in [3.63, 3.8) is 0 Å². The van der Waals surface area contributed by atoms with Crippen LogP contribution in [0.4, 0.5) is 0 Å². The third-order valence-corrected chi connectivity index (χ3v) is 6.31. The standard InChI is InChI=1S/C29H41N3/c1-19-12-13-22(16-20(19)2)25-30-31-26(29(10,11)18-27(4,5)6)32(25)24-15-14-23(17-21(24)3)28(7,8)9/h12-17H,18H2,1-11H3. The van der Waals surface area contributed by atoms with Crippen LogP contribution in [0.1, 0.15) is 89.9 Å². The van der Waals surface area contributed by atoms with Crippen LogP contribution < -0.4 is 0 Å². The van der Waals surface area contributed by atoms with Gasteiger partial charge in [-0.1, -0.05) is 79.7 Å². The monoisotopic (exact) mass is 431 g/mol. The third kappa shape index (κ3) is 4.98. The molecule has 0 bridgehead atoms. The van der Waals surface area contributed by atoms with Crippen molar-refractivity contribution < 1.29 is 0 Å². The Morgan fingerprint density at radius 1 is 0.719 bits per heavy atom. The van der Waals surface area contributed by atoms with Crippen LogP contribution in [0, 0.1) is 26.2 Å². The van der Waals surface area contributed by atoms with Gasteiger partial charge < -0.3 is 0 Å². The van der Waals surface area contributed by atoms with E-state index in [0.29, 0.717) is 0 Å². The zero-order valence-electron chi connectivity index (χ0n) is 22.0. The van der Waals surface area contributed by atoms with Crippen molar-refractivity contribution >= 4 is 0 Å². The van der Waals surface area contributed by atoms with Gasteiger partial charge in [-0.2, -0.15) is 0 Å². The minimum Gasteiger partial charge on any atom is -0.278 e. The Kier molecular flexibility index (Phi) is 6.19. The van der Waals surface area contributed by atoms with Crippen LogP contribution in [0.25, 0.3) is 17.1 Å². The van der Waals surface area contributed by atoms with E-state index in [1.807, 2.05) is 0 Å². The molecule has 0 aliphatic heterocycles. The summed E-state index contributed by atoms with van der Waals surface area (Å²) < 4.78 is 2.30. The fourth-order valence-corrected chi connectivity index (χ4v) is 4.80. The SMILES string of the molecule is Cc1ccc(-c2nnc(C(C)(C)CC(C)(C)C)n2-c2ccc(C(C)(C)C)cc2C)cc1C. The minimum absolute atomic E-state index is 0.113. The number of hydrogen-bond donors (Lipinski definition) is 0. The van der Waals surface area contributed by atoms with E-state index in [1.165, 1.54) is 22.3 Å². The maximum atomic E-state index is 4.80. The Bertz CT molecular complexity index is 1120. The lowest BCUT2D eigenvalue weighted by atomic mass is 9.75. The average molecular weight is 432 g/mol. The molecular formula is C29H41N3. The Morgan fingerprint density at radius 2 is 1.38 bits per heavy atom. The van der Waals surface area contributed by atoms with E-state index in [9.17, 15) is 0 Å². The number of rotatable bonds is 4. The molecule has 0 radical (unpaired) electrons. The second-order valence-corrected chi connectivity index (χ2v) is 12.4. The first-order chi connectivity index (χ1) is 14.6. The highest BCUT2D eigenvalue weighted by Crippen LogP contribution is 2.39. The van der Waals surface area contributed by atoms with Crippen molar-refractivity contribution in [3.05, 3.63) is 64.5 Å². The molecule has 3 aromatic rings. The van der Waals surface area contributed by atoms with E-state index < -0.39 is 0 Å². The van der Waals surface area contributed by atoms with Gasteiger partial charge in [0.05, 0.1) is 5.69 Å². The van der Waals surface area contributed by atoms with Crippen molar-refractivity contribution in [1.82, 2.24) is 14.8 Å². The third-order valence-electron chi connectivity index (χ3n) is 6.31. The first kappa shape index (κ1) is 24.2. The number of benzene rings is 2. The summed E-state index contributed by atoms with van der Waals surface area (Å²) in [5.74, 6) is 1.93. The van der Waals surface area contributed by atoms with Gasteiger partial charge in [-0.05, 0) is 72.4 Å². The van der Waals surface area contributed by atoms with Crippen molar-refractivity contribution in [3.8, 4) is 17.1 Å². The van der Waals surface area contributed by atoms with Crippen molar-refractivity contribution in [1.29, 1.82) is 0 Å². The number of aryl methyl sites for hydroxylation is 3. The molecule has 3 heteroatoms. The van der Waals surface area contributed by atoms with E-state index >= 15 is 0 Å². The van der Waals surface area contributed by atoms with Crippen LogP contribution in [0.3, 0.4) is 0 Å². The fourth-order valence-electron chi connectivity index (χ4n) is 4.80. The van der Waals surface area contributed by atoms with E-state index in [0.717, 1.165) is 29.3 Å². The van der Waals surface area contributed by atoms with Crippen LogP contribution in [0.15, 0.2) is 36.4 Å². The molecule has 0 amide bonds. The molecule has 0 atom stereocenters. The molecule has 172 valence electrons. The van der Waals surface area contributed by atoms with E-state index in [2.05, 4.69) is 117 Å². The molecule has 0 unspecified atom stereocenters. The maximum Gasteiger partial charge on any atom is 0.168 e. The fraction of sp³-hybridized carbons (Fsp3) is 0.517. The van der Waals surface area contributed by atoms with Crippen LogP contribution in [-0.4, -0.2) is 14.8 Å². The van der Waals surface area contributed by atoms with Crippen molar-refractivity contribution in [2.24, 2.45) is 5.41 Å². The summed E-state index contributed by atoms with van der Waals surface area (Å²) in [6.07, 6.45) is 1.02. The summed E-state index contributed by atoms with van der Waals surface area (Å²) in [7, 11) is 0. The molecule has 0 saturated heterocycles. The Hall–Kier alpha value is -2.42. The summed E-state index contributed by atoms with van der Waals surface area (Å²) in [5, 5.41) is 9.56. The quantitative estimate of drug-likeness (QED) is 0.421. The van der Waals surface area contributed by atoms with Crippen LogP contribution in [-0.2, 0) is 10.8 Å². The van der Waals surface area contributed by atoms with Gasteiger partial charge in [0, 0.05) is 11.0 Å². The smallest absolute Gasteiger partial charge is 0.168 e. The Balaban J connectivity index is 2.28. The molecule has 1 aromatic heterocycles. The van der Waals surface area contributed by atoms with E-state index in [-0.39, 0.29) is 16.2 Å². The van der Waals surface area contributed by atoms with Gasteiger partial charge in [0.25, 0.3) is 0 Å². The molecule has 0 fully saturated rings. The molecule has 1 heterocycles. The Morgan fingerprint density at radius 3 is 1.91 bits per heavy atom. The first-order valence-electron chi connectivity index (χ1n) is 11.8. The highest BCUT2D eigenvalue weighted by molar-refractivity contribution is 5.62. The molecule has 0 aliphatic rings. The molecule has 0 aliphatic carbocycles. The van der Waals surface area contributed by atoms with Gasteiger partial charge in [0.1, 0.15) is 5.82 Å². The average Bonchev–Trinajstić information content (AvgIpc) is 3.07. The lowest BCUT2D eigenvalue weighted by molar-refractivity contribution is 0.272. The molecule has 3 nitrogen and oxygen atoms in total. The predicted octanol–water partition coefficient (Wildman–Crippen LogP) is 7.87. The Labute approximate surface area is 195 Å². The van der Waals surface area contributed by atoms with Gasteiger partial charge in [-0.25, -0.2) is 0 Å². The van der Waals surface area contributed by atoms with Gasteiger partial charge >= 0.3 is 0 Å². The molecule has 32 heavy (non-hydrogen) atoms. The lowest BCUT2D eigenvalue weighted by Gasteiger charge is -2.32. The van der Waals surface area contributed by atoms with Crippen LogP contribution in [0.5, 0.6) is 0 Å².